The summed E-state index contributed by atoms with van der Waals surface area (Å²) < 4.78 is 7.59. The van der Waals surface area contributed by atoms with Crippen LogP contribution in [-0.2, 0) is 13.7 Å². The molecule has 4 aromatic rings. The highest BCUT2D eigenvalue weighted by atomic mass is 35.5. The van der Waals surface area contributed by atoms with Crippen LogP contribution in [-0.4, -0.2) is 24.7 Å². The number of nitrogens with two attached hydrogens (primary N) is 1. The second kappa shape index (κ2) is 6.85. The van der Waals surface area contributed by atoms with Crippen molar-refractivity contribution in [3.05, 3.63) is 59.3 Å². The van der Waals surface area contributed by atoms with Gasteiger partial charge >= 0.3 is 0 Å². The molecular formula is C19H17ClN6O. The van der Waals surface area contributed by atoms with Gasteiger partial charge in [-0.2, -0.15) is 5.10 Å². The van der Waals surface area contributed by atoms with Crippen molar-refractivity contribution in [2.24, 2.45) is 7.05 Å². The molecule has 0 unspecified atom stereocenters. The quantitative estimate of drug-likeness (QED) is 0.582. The van der Waals surface area contributed by atoms with Gasteiger partial charge in [-0.3, -0.25) is 4.68 Å². The number of hydrogen-bond acceptors (Lipinski definition) is 6. The fourth-order valence-corrected chi connectivity index (χ4v) is 3.13. The molecule has 0 spiro atoms. The number of hydrogen-bond donors (Lipinski definition) is 1. The van der Waals surface area contributed by atoms with Crippen LogP contribution in [0.25, 0.3) is 22.0 Å². The molecule has 3 aromatic heterocycles. The van der Waals surface area contributed by atoms with E-state index in [0.29, 0.717) is 27.6 Å². The van der Waals surface area contributed by atoms with E-state index in [2.05, 4.69) is 20.1 Å². The monoisotopic (exact) mass is 380 g/mol. The van der Waals surface area contributed by atoms with Crippen molar-refractivity contribution in [3.8, 4) is 17.0 Å². The van der Waals surface area contributed by atoms with Gasteiger partial charge in [0.1, 0.15) is 24.1 Å². The summed E-state index contributed by atoms with van der Waals surface area (Å²) >= 11 is 6.29. The first-order valence-corrected chi connectivity index (χ1v) is 8.68. The van der Waals surface area contributed by atoms with E-state index in [4.69, 9.17) is 22.1 Å². The molecule has 4 rings (SSSR count). The molecule has 0 atom stereocenters. The SMILES string of the molecule is Cc1c(Cl)cccc1-c1cnc(OCc2ccn(C)n2)c2c(N)ncnc12. The largest absolute Gasteiger partial charge is 0.470 e. The first kappa shape index (κ1) is 17.2. The Labute approximate surface area is 160 Å². The van der Waals surface area contributed by atoms with Crippen LogP contribution < -0.4 is 10.5 Å². The minimum absolute atomic E-state index is 0.271. The zero-order valence-corrected chi connectivity index (χ0v) is 15.6. The lowest BCUT2D eigenvalue weighted by molar-refractivity contribution is 0.292. The Hall–Kier alpha value is -3.19. The molecule has 2 N–H and O–H groups in total. The number of anilines is 1. The third-order valence-corrected chi connectivity index (χ3v) is 4.75. The predicted molar refractivity (Wildman–Crippen MR) is 104 cm³/mol. The summed E-state index contributed by atoms with van der Waals surface area (Å²) in [4.78, 5) is 13.0. The molecular weight excluding hydrogens is 364 g/mol. The van der Waals surface area contributed by atoms with Crippen molar-refractivity contribution in [1.82, 2.24) is 24.7 Å². The molecule has 0 radical (unpaired) electrons. The summed E-state index contributed by atoms with van der Waals surface area (Å²) in [5.74, 6) is 0.683. The maximum Gasteiger partial charge on any atom is 0.227 e. The molecule has 0 bridgehead atoms. The number of nitrogen functional groups attached to an aromatic ring is 1. The lowest BCUT2D eigenvalue weighted by Gasteiger charge is -2.13. The zero-order valence-electron chi connectivity index (χ0n) is 14.8. The molecule has 3 heterocycles. The summed E-state index contributed by atoms with van der Waals surface area (Å²) in [5, 5.41) is 5.55. The van der Waals surface area contributed by atoms with E-state index < -0.39 is 0 Å². The number of benzene rings is 1. The Kier molecular flexibility index (Phi) is 4.37. The number of pyridine rings is 1. The van der Waals surface area contributed by atoms with Crippen molar-refractivity contribution in [2.75, 3.05) is 5.73 Å². The first-order valence-electron chi connectivity index (χ1n) is 8.30. The van der Waals surface area contributed by atoms with E-state index in [0.717, 1.165) is 22.4 Å². The normalized spacial score (nSPS) is 11.1. The van der Waals surface area contributed by atoms with Crippen LogP contribution in [0.1, 0.15) is 11.3 Å². The zero-order chi connectivity index (χ0) is 19.0. The van der Waals surface area contributed by atoms with E-state index in [1.165, 1.54) is 6.33 Å². The summed E-state index contributed by atoms with van der Waals surface area (Å²) in [5.41, 5.74) is 10.3. The minimum atomic E-state index is 0.271. The maximum absolute atomic E-state index is 6.29. The van der Waals surface area contributed by atoms with Crippen LogP contribution in [0.4, 0.5) is 5.82 Å². The molecule has 0 amide bonds. The van der Waals surface area contributed by atoms with Gasteiger partial charge in [-0.1, -0.05) is 23.7 Å². The van der Waals surface area contributed by atoms with Gasteiger partial charge in [-0.25, -0.2) is 15.0 Å². The smallest absolute Gasteiger partial charge is 0.227 e. The molecule has 7 nitrogen and oxygen atoms in total. The van der Waals surface area contributed by atoms with E-state index in [1.54, 1.807) is 10.9 Å². The molecule has 136 valence electrons. The lowest BCUT2D eigenvalue weighted by atomic mass is 10.00. The highest BCUT2D eigenvalue weighted by molar-refractivity contribution is 6.31. The van der Waals surface area contributed by atoms with E-state index in [-0.39, 0.29) is 6.61 Å². The number of aryl methyl sites for hydroxylation is 1. The number of nitrogens with zero attached hydrogens (tertiary/aromatic N) is 5. The Bertz CT molecular complexity index is 1140. The van der Waals surface area contributed by atoms with Crippen molar-refractivity contribution in [1.29, 1.82) is 0 Å². The van der Waals surface area contributed by atoms with E-state index >= 15 is 0 Å². The van der Waals surface area contributed by atoms with Crippen molar-refractivity contribution in [2.45, 2.75) is 13.5 Å². The lowest BCUT2D eigenvalue weighted by Crippen LogP contribution is -2.03. The minimum Gasteiger partial charge on any atom is -0.470 e. The van der Waals surface area contributed by atoms with E-state index in [9.17, 15) is 0 Å². The van der Waals surface area contributed by atoms with Crippen LogP contribution in [0.3, 0.4) is 0 Å². The Balaban J connectivity index is 1.82. The fraction of sp³-hybridized carbons (Fsp3) is 0.158. The van der Waals surface area contributed by atoms with Crippen molar-refractivity contribution in [3.63, 3.8) is 0 Å². The molecule has 8 heteroatoms. The molecule has 0 saturated heterocycles. The summed E-state index contributed by atoms with van der Waals surface area (Å²) in [6, 6.07) is 7.60. The maximum atomic E-state index is 6.29. The van der Waals surface area contributed by atoms with Crippen LogP contribution in [0.2, 0.25) is 5.02 Å². The second-order valence-corrected chi connectivity index (χ2v) is 6.55. The summed E-state index contributed by atoms with van der Waals surface area (Å²) in [6.07, 6.45) is 5.01. The number of halogens is 1. The topological polar surface area (TPSA) is 91.7 Å². The van der Waals surface area contributed by atoms with Crippen molar-refractivity contribution >= 4 is 28.3 Å². The second-order valence-electron chi connectivity index (χ2n) is 6.14. The molecule has 0 aliphatic rings. The average molecular weight is 381 g/mol. The predicted octanol–water partition coefficient (Wildman–Crippen LogP) is 3.55. The van der Waals surface area contributed by atoms with Crippen LogP contribution in [0, 0.1) is 6.92 Å². The number of ether oxygens (including phenoxy) is 1. The average Bonchev–Trinajstić information content (AvgIpc) is 3.08. The third-order valence-electron chi connectivity index (χ3n) is 4.34. The standard InChI is InChI=1S/C19H17ClN6O/c1-11-13(4-3-5-15(11)20)14-8-22-19(16-17(14)23-10-24-18(16)21)27-9-12-6-7-26(2)25-12/h3-8,10H,9H2,1-2H3,(H2,21,23,24). The van der Waals surface area contributed by atoms with Gasteiger partial charge in [0.2, 0.25) is 5.88 Å². The first-order chi connectivity index (χ1) is 13.0. The van der Waals surface area contributed by atoms with Crippen molar-refractivity contribution < 1.29 is 4.74 Å². The van der Waals surface area contributed by atoms with Gasteiger partial charge < -0.3 is 10.5 Å². The summed E-state index contributed by atoms with van der Waals surface area (Å²) in [7, 11) is 1.85. The number of rotatable bonds is 4. The van der Waals surface area contributed by atoms with Gasteiger partial charge in [0.25, 0.3) is 0 Å². The highest BCUT2D eigenvalue weighted by Crippen LogP contribution is 2.36. The van der Waals surface area contributed by atoms with Crippen LogP contribution in [0.5, 0.6) is 5.88 Å². The molecule has 1 aromatic carbocycles. The number of fused-ring (bicyclic) bond motifs is 1. The van der Waals surface area contributed by atoms with E-state index in [1.807, 2.05) is 44.4 Å². The van der Waals surface area contributed by atoms with Gasteiger partial charge in [0.05, 0.1) is 11.2 Å². The Morgan fingerprint density at radius 1 is 1.15 bits per heavy atom. The Morgan fingerprint density at radius 3 is 2.78 bits per heavy atom. The van der Waals surface area contributed by atoms with Gasteiger partial charge in [0, 0.05) is 30.0 Å². The molecule has 0 fully saturated rings. The highest BCUT2D eigenvalue weighted by Gasteiger charge is 2.17. The van der Waals surface area contributed by atoms with Gasteiger partial charge in [-0.15, -0.1) is 0 Å². The third kappa shape index (κ3) is 3.17. The van der Waals surface area contributed by atoms with Crippen LogP contribution in [0.15, 0.2) is 43.0 Å². The molecule has 0 aliphatic heterocycles. The van der Waals surface area contributed by atoms with Gasteiger partial charge in [0.15, 0.2) is 0 Å². The summed E-state index contributed by atoms with van der Waals surface area (Å²) in [6.45, 7) is 2.23. The molecule has 0 aliphatic carbocycles. The molecule has 0 saturated carbocycles. The molecule has 27 heavy (non-hydrogen) atoms. The van der Waals surface area contributed by atoms with Gasteiger partial charge in [-0.05, 0) is 30.2 Å². The fourth-order valence-electron chi connectivity index (χ4n) is 2.95. The van der Waals surface area contributed by atoms with Crippen LogP contribution >= 0.6 is 11.6 Å². The number of aromatic nitrogens is 5. The Morgan fingerprint density at radius 2 is 2.00 bits per heavy atom.